The molecule has 0 radical (unpaired) electrons. The molecule has 2 aromatic rings. The van der Waals surface area contributed by atoms with Crippen molar-refractivity contribution in [2.45, 2.75) is 26.3 Å². The van der Waals surface area contributed by atoms with Crippen LogP contribution in [0.3, 0.4) is 0 Å². The molecule has 3 rings (SSSR count). The Balaban J connectivity index is 1.58. The van der Waals surface area contributed by atoms with Crippen LogP contribution in [0.2, 0.25) is 0 Å². The third-order valence-electron chi connectivity index (χ3n) is 4.76. The van der Waals surface area contributed by atoms with Crippen molar-refractivity contribution in [2.24, 2.45) is 12.0 Å². The molecule has 156 valence electrons. The van der Waals surface area contributed by atoms with Gasteiger partial charge in [0.15, 0.2) is 5.96 Å². The lowest BCUT2D eigenvalue weighted by Gasteiger charge is -2.35. The first kappa shape index (κ1) is 20.6. The smallest absolute Gasteiger partial charge is 0.246 e. The number of piperazine rings is 1. The van der Waals surface area contributed by atoms with Crippen LogP contribution in [-0.4, -0.2) is 64.8 Å². The molecule has 1 saturated heterocycles. The Morgan fingerprint density at radius 1 is 1.38 bits per heavy atom. The van der Waals surface area contributed by atoms with Gasteiger partial charge in [-0.1, -0.05) is 19.4 Å². The molecular weight excluding hydrogens is 370 g/mol. The average Bonchev–Trinajstić information content (AvgIpc) is 3.15. The number of hydrogen-bond acceptors (Lipinski definition) is 5. The lowest BCUT2D eigenvalue weighted by Crippen LogP contribution is -2.55. The van der Waals surface area contributed by atoms with Crippen molar-refractivity contribution in [3.8, 4) is 5.88 Å². The lowest BCUT2D eigenvalue weighted by molar-refractivity contribution is -0.120. The predicted molar refractivity (Wildman–Crippen MR) is 112 cm³/mol. The summed E-state index contributed by atoms with van der Waals surface area (Å²) in [5, 5.41) is 7.48. The molecule has 3 heterocycles. The number of amides is 1. The van der Waals surface area contributed by atoms with Gasteiger partial charge >= 0.3 is 0 Å². The van der Waals surface area contributed by atoms with Crippen LogP contribution in [0.1, 0.15) is 25.3 Å². The van der Waals surface area contributed by atoms with Crippen molar-refractivity contribution in [3.05, 3.63) is 36.3 Å². The van der Waals surface area contributed by atoms with E-state index in [9.17, 15) is 4.79 Å². The van der Waals surface area contributed by atoms with Gasteiger partial charge in [0.25, 0.3) is 0 Å². The zero-order valence-electron chi connectivity index (χ0n) is 17.3. The van der Waals surface area contributed by atoms with Gasteiger partial charge in [-0.25, -0.2) is 4.98 Å². The number of aliphatic imine (C=N–C) groups is 1. The molecule has 2 aromatic heterocycles. The third kappa shape index (κ3) is 5.24. The van der Waals surface area contributed by atoms with Gasteiger partial charge in [0, 0.05) is 51.7 Å². The highest BCUT2D eigenvalue weighted by Gasteiger charge is 2.27. The summed E-state index contributed by atoms with van der Waals surface area (Å²) in [7, 11) is 3.57. The van der Waals surface area contributed by atoms with E-state index < -0.39 is 0 Å². The molecule has 9 heteroatoms. The molecule has 0 aliphatic carbocycles. The number of carbonyl (C=O) groups is 1. The van der Waals surface area contributed by atoms with Gasteiger partial charge in [0.05, 0.1) is 18.5 Å². The van der Waals surface area contributed by atoms with Gasteiger partial charge in [-0.3, -0.25) is 14.5 Å². The second kappa shape index (κ2) is 9.90. The fourth-order valence-corrected chi connectivity index (χ4v) is 3.18. The third-order valence-corrected chi connectivity index (χ3v) is 4.76. The van der Waals surface area contributed by atoms with Crippen LogP contribution in [0.5, 0.6) is 5.88 Å². The summed E-state index contributed by atoms with van der Waals surface area (Å²) < 4.78 is 7.50. The SMILES string of the molecule is CCCCOc1ncccc1CNC(=NC)N1CCN(c2cnn(C)c2)C(=O)C1. The highest BCUT2D eigenvalue weighted by atomic mass is 16.5. The summed E-state index contributed by atoms with van der Waals surface area (Å²) in [6, 6.07) is 3.88. The molecule has 1 aliphatic rings. The number of nitrogens with zero attached hydrogens (tertiary/aromatic N) is 6. The fraction of sp³-hybridized carbons (Fsp3) is 0.500. The second-order valence-corrected chi connectivity index (χ2v) is 6.91. The topological polar surface area (TPSA) is 87.9 Å². The Bertz CT molecular complexity index is 849. The summed E-state index contributed by atoms with van der Waals surface area (Å²) in [6.45, 7) is 4.85. The molecule has 0 bridgehead atoms. The van der Waals surface area contributed by atoms with E-state index in [4.69, 9.17) is 4.74 Å². The van der Waals surface area contributed by atoms with Crippen LogP contribution >= 0.6 is 0 Å². The minimum atomic E-state index is 0.0252. The minimum absolute atomic E-state index is 0.0252. The van der Waals surface area contributed by atoms with E-state index >= 15 is 0 Å². The highest BCUT2D eigenvalue weighted by molar-refractivity contribution is 5.98. The number of unbranched alkanes of at least 4 members (excludes halogenated alkanes) is 1. The Labute approximate surface area is 171 Å². The van der Waals surface area contributed by atoms with Gasteiger partial charge in [-0.15, -0.1) is 0 Å². The molecule has 1 fully saturated rings. The molecule has 0 unspecified atom stereocenters. The molecule has 0 spiro atoms. The zero-order chi connectivity index (χ0) is 20.6. The van der Waals surface area contributed by atoms with Gasteiger partial charge < -0.3 is 19.9 Å². The number of anilines is 1. The number of carbonyl (C=O) groups excluding carboxylic acids is 1. The summed E-state index contributed by atoms with van der Waals surface area (Å²) in [5.74, 6) is 1.35. The minimum Gasteiger partial charge on any atom is -0.477 e. The van der Waals surface area contributed by atoms with Crippen molar-refractivity contribution in [1.82, 2.24) is 25.0 Å². The maximum absolute atomic E-state index is 12.6. The largest absolute Gasteiger partial charge is 0.477 e. The number of rotatable bonds is 7. The van der Waals surface area contributed by atoms with Gasteiger partial charge in [-0.2, -0.15) is 5.10 Å². The van der Waals surface area contributed by atoms with Crippen LogP contribution in [0, 0.1) is 0 Å². The van der Waals surface area contributed by atoms with Gasteiger partial charge in [0.2, 0.25) is 11.8 Å². The Kier molecular flexibility index (Phi) is 7.04. The van der Waals surface area contributed by atoms with Crippen molar-refractivity contribution in [2.75, 3.05) is 38.2 Å². The number of nitrogens with one attached hydrogen (secondary N) is 1. The number of pyridine rings is 1. The molecule has 9 nitrogen and oxygen atoms in total. The normalized spacial score (nSPS) is 15.0. The standard InChI is InChI=1S/C20H29N7O2/c1-4-5-11-29-19-16(7-6-8-22-19)12-23-20(21-2)26-9-10-27(18(28)15-26)17-13-24-25(3)14-17/h6-8,13-14H,4-5,9-12,15H2,1-3H3,(H,21,23). The second-order valence-electron chi connectivity index (χ2n) is 6.91. The first-order chi connectivity index (χ1) is 14.1. The first-order valence-electron chi connectivity index (χ1n) is 9.93. The molecule has 1 aliphatic heterocycles. The number of aryl methyl sites for hydroxylation is 1. The average molecular weight is 399 g/mol. The van der Waals surface area contributed by atoms with Crippen molar-refractivity contribution in [3.63, 3.8) is 0 Å². The monoisotopic (exact) mass is 399 g/mol. The van der Waals surface area contributed by atoms with Gasteiger partial charge in [0.1, 0.15) is 6.54 Å². The first-order valence-corrected chi connectivity index (χ1v) is 9.93. The van der Waals surface area contributed by atoms with E-state index in [1.165, 1.54) is 0 Å². The number of hydrogen-bond donors (Lipinski definition) is 1. The van der Waals surface area contributed by atoms with Crippen LogP contribution in [0.15, 0.2) is 35.7 Å². The Morgan fingerprint density at radius 3 is 2.93 bits per heavy atom. The van der Waals surface area contributed by atoms with E-state index in [1.54, 1.807) is 29.0 Å². The maximum Gasteiger partial charge on any atom is 0.246 e. The fourth-order valence-electron chi connectivity index (χ4n) is 3.18. The van der Waals surface area contributed by atoms with Crippen molar-refractivity contribution >= 4 is 17.6 Å². The molecule has 29 heavy (non-hydrogen) atoms. The van der Waals surface area contributed by atoms with Crippen molar-refractivity contribution in [1.29, 1.82) is 0 Å². The summed E-state index contributed by atoms with van der Waals surface area (Å²) in [6.07, 6.45) is 7.36. The molecule has 0 aromatic carbocycles. The predicted octanol–water partition coefficient (Wildman–Crippen LogP) is 1.42. The quantitative estimate of drug-likeness (QED) is 0.430. The summed E-state index contributed by atoms with van der Waals surface area (Å²) in [5.41, 5.74) is 1.79. The molecule has 1 N–H and O–H groups in total. The van der Waals surface area contributed by atoms with E-state index in [-0.39, 0.29) is 12.5 Å². The van der Waals surface area contributed by atoms with E-state index in [1.807, 2.05) is 30.3 Å². The van der Waals surface area contributed by atoms with E-state index in [0.717, 1.165) is 24.1 Å². The van der Waals surface area contributed by atoms with E-state index in [2.05, 4.69) is 27.3 Å². The van der Waals surface area contributed by atoms with Crippen LogP contribution in [-0.2, 0) is 18.4 Å². The van der Waals surface area contributed by atoms with Crippen LogP contribution in [0.25, 0.3) is 0 Å². The molecule has 0 atom stereocenters. The zero-order valence-corrected chi connectivity index (χ0v) is 17.3. The molecule has 0 saturated carbocycles. The summed E-state index contributed by atoms with van der Waals surface area (Å²) >= 11 is 0. The Hall–Kier alpha value is -3.10. The summed E-state index contributed by atoms with van der Waals surface area (Å²) in [4.78, 5) is 25.1. The number of aromatic nitrogens is 3. The van der Waals surface area contributed by atoms with Crippen molar-refractivity contribution < 1.29 is 9.53 Å². The molecular formula is C20H29N7O2. The maximum atomic E-state index is 12.6. The lowest BCUT2D eigenvalue weighted by atomic mass is 10.2. The number of guanidine groups is 1. The highest BCUT2D eigenvalue weighted by Crippen LogP contribution is 2.17. The number of ether oxygens (including phenoxy) is 1. The van der Waals surface area contributed by atoms with Crippen LogP contribution in [0.4, 0.5) is 5.69 Å². The van der Waals surface area contributed by atoms with E-state index in [0.29, 0.717) is 38.1 Å². The Morgan fingerprint density at radius 2 is 2.24 bits per heavy atom. The molecule has 1 amide bonds. The van der Waals surface area contributed by atoms with Crippen LogP contribution < -0.4 is 15.0 Å². The van der Waals surface area contributed by atoms with Gasteiger partial charge in [-0.05, 0) is 12.5 Å².